The van der Waals surface area contributed by atoms with Gasteiger partial charge in [0.05, 0.1) is 18.8 Å². The smallest absolute Gasteiger partial charge is 0.323 e. The zero-order valence-electron chi connectivity index (χ0n) is 20.1. The van der Waals surface area contributed by atoms with Gasteiger partial charge >= 0.3 is 10.1 Å². The minimum absolute atomic E-state index is 0.325. The average molecular weight is 439 g/mol. The van der Waals surface area contributed by atoms with E-state index in [0.717, 1.165) is 7.11 Å². The highest BCUT2D eigenvalue weighted by molar-refractivity contribution is 7.87. The Morgan fingerprint density at radius 3 is 2.00 bits per heavy atom. The van der Waals surface area contributed by atoms with Crippen LogP contribution in [-0.4, -0.2) is 38.8 Å². The maximum Gasteiger partial charge on any atom is 0.323 e. The van der Waals surface area contributed by atoms with E-state index in [-0.39, 0.29) is 6.10 Å². The monoisotopic (exact) mass is 438 g/mol. The minimum Gasteiger partial charge on any atom is -0.375 e. The Labute approximate surface area is 180 Å². The van der Waals surface area contributed by atoms with Crippen LogP contribution in [0.1, 0.15) is 106 Å². The molecule has 176 valence electrons. The van der Waals surface area contributed by atoms with Crippen molar-refractivity contribution in [3.05, 3.63) is 0 Å². The summed E-state index contributed by atoms with van der Waals surface area (Å²) in [7, 11) is -2.84. The van der Waals surface area contributed by atoms with Gasteiger partial charge in [-0.3, -0.25) is 0 Å². The molecule has 7 heteroatoms. The highest BCUT2D eigenvalue weighted by Crippen LogP contribution is 2.27. The number of ether oxygens (including phenoxy) is 2. The van der Waals surface area contributed by atoms with Gasteiger partial charge in [0.25, 0.3) is 0 Å². The van der Waals surface area contributed by atoms with Gasteiger partial charge in [0.2, 0.25) is 0 Å². The summed E-state index contributed by atoms with van der Waals surface area (Å²) in [5.41, 5.74) is -0.407. The highest BCUT2D eigenvalue weighted by Gasteiger charge is 2.40. The Morgan fingerprint density at radius 1 is 0.897 bits per heavy atom. The highest BCUT2D eigenvalue weighted by atomic mass is 32.2. The van der Waals surface area contributed by atoms with Crippen molar-refractivity contribution in [2.45, 2.75) is 123 Å². The quantitative estimate of drug-likeness (QED) is 0.148. The molecule has 0 aliphatic rings. The molecule has 0 saturated carbocycles. The van der Waals surface area contributed by atoms with Crippen LogP contribution in [0.25, 0.3) is 0 Å². The van der Waals surface area contributed by atoms with Crippen LogP contribution in [0.4, 0.5) is 0 Å². The van der Waals surface area contributed by atoms with E-state index in [4.69, 9.17) is 9.47 Å². The van der Waals surface area contributed by atoms with Crippen molar-refractivity contribution in [3.8, 4) is 0 Å². The molecule has 6 nitrogen and oxygen atoms in total. The van der Waals surface area contributed by atoms with Crippen LogP contribution in [0.15, 0.2) is 0 Å². The lowest BCUT2D eigenvalue weighted by atomic mass is 9.99. The molecule has 0 aromatic rings. The predicted molar refractivity (Wildman–Crippen MR) is 118 cm³/mol. The zero-order chi connectivity index (χ0) is 22.6. The van der Waals surface area contributed by atoms with Gasteiger partial charge in [-0.05, 0) is 47.0 Å². The summed E-state index contributed by atoms with van der Waals surface area (Å²) in [5.74, 6) is 0.507. The van der Waals surface area contributed by atoms with Crippen LogP contribution >= 0.6 is 0 Å². The molecule has 0 amide bonds. The molecule has 0 aliphatic heterocycles. The van der Waals surface area contributed by atoms with Gasteiger partial charge in [-0.2, -0.15) is 8.42 Å². The first kappa shape index (κ1) is 28.8. The SMILES string of the molecule is CCCCCCCCCC(C)COC(C)(C)CC(C)OC(C)(C)S(=O)(=O)OOC. The van der Waals surface area contributed by atoms with E-state index < -0.39 is 20.7 Å². The molecule has 2 atom stereocenters. The molecule has 0 saturated heterocycles. The normalized spacial score (nSPS) is 15.4. The number of hydrogen-bond donors (Lipinski definition) is 0. The molecule has 0 spiro atoms. The van der Waals surface area contributed by atoms with E-state index in [1.807, 2.05) is 20.8 Å². The lowest BCUT2D eigenvalue weighted by Gasteiger charge is -2.33. The lowest BCUT2D eigenvalue weighted by molar-refractivity contribution is -0.182. The summed E-state index contributed by atoms with van der Waals surface area (Å²) in [5, 5.41) is 0. The van der Waals surface area contributed by atoms with Crippen molar-refractivity contribution in [1.82, 2.24) is 0 Å². The van der Waals surface area contributed by atoms with Crippen molar-refractivity contribution in [1.29, 1.82) is 0 Å². The van der Waals surface area contributed by atoms with Gasteiger partial charge in [0, 0.05) is 13.0 Å². The Balaban J connectivity index is 4.24. The largest absolute Gasteiger partial charge is 0.375 e. The van der Waals surface area contributed by atoms with E-state index in [0.29, 0.717) is 18.9 Å². The van der Waals surface area contributed by atoms with Gasteiger partial charge < -0.3 is 9.47 Å². The van der Waals surface area contributed by atoms with Gasteiger partial charge in [-0.15, -0.1) is 4.33 Å². The lowest BCUT2D eigenvalue weighted by Crippen LogP contribution is -2.41. The van der Waals surface area contributed by atoms with Gasteiger partial charge in [0.1, 0.15) is 0 Å². The zero-order valence-corrected chi connectivity index (χ0v) is 20.9. The number of hydrogen-bond acceptors (Lipinski definition) is 6. The van der Waals surface area contributed by atoms with Crippen LogP contribution in [0.3, 0.4) is 0 Å². The molecule has 29 heavy (non-hydrogen) atoms. The average Bonchev–Trinajstić information content (AvgIpc) is 2.58. The molecule has 0 rings (SSSR count). The summed E-state index contributed by atoms with van der Waals surface area (Å²) in [6, 6.07) is 0. The fraction of sp³-hybridized carbons (Fsp3) is 1.00. The first-order valence-corrected chi connectivity index (χ1v) is 12.6. The Kier molecular flexibility index (Phi) is 13.9. The van der Waals surface area contributed by atoms with Crippen LogP contribution in [0.2, 0.25) is 0 Å². The summed E-state index contributed by atoms with van der Waals surface area (Å²) < 4.78 is 40.4. The Hall–Kier alpha value is -0.210. The topological polar surface area (TPSA) is 71.1 Å². The van der Waals surface area contributed by atoms with Gasteiger partial charge in [-0.25, -0.2) is 4.89 Å². The summed E-state index contributed by atoms with van der Waals surface area (Å²) >= 11 is 0. The van der Waals surface area contributed by atoms with Crippen molar-refractivity contribution >= 4 is 10.1 Å². The summed E-state index contributed by atoms with van der Waals surface area (Å²) in [4.78, 5) is 2.80. The summed E-state index contributed by atoms with van der Waals surface area (Å²) in [6.07, 6.45) is 10.7. The second-order valence-corrected chi connectivity index (χ2v) is 11.3. The van der Waals surface area contributed by atoms with E-state index in [2.05, 4.69) is 23.1 Å². The third-order valence-electron chi connectivity index (χ3n) is 5.08. The Bertz CT molecular complexity index is 515. The van der Waals surface area contributed by atoms with E-state index in [1.54, 1.807) is 0 Å². The van der Waals surface area contributed by atoms with E-state index in [1.165, 1.54) is 65.2 Å². The maximum absolute atomic E-state index is 12.1. The summed E-state index contributed by atoms with van der Waals surface area (Å²) in [6.45, 7) is 14.0. The molecule has 0 aromatic carbocycles. The molecule has 2 unspecified atom stereocenters. The minimum atomic E-state index is -3.99. The van der Waals surface area contributed by atoms with Crippen molar-refractivity contribution < 1.29 is 27.1 Å². The molecule has 0 radical (unpaired) electrons. The van der Waals surface area contributed by atoms with Crippen molar-refractivity contribution in [3.63, 3.8) is 0 Å². The Morgan fingerprint density at radius 2 is 1.45 bits per heavy atom. The molecule has 0 fully saturated rings. The van der Waals surface area contributed by atoms with Crippen molar-refractivity contribution in [2.24, 2.45) is 5.92 Å². The van der Waals surface area contributed by atoms with Crippen LogP contribution in [-0.2, 0) is 28.8 Å². The fourth-order valence-corrected chi connectivity index (χ4v) is 4.03. The fourth-order valence-electron chi connectivity index (χ4n) is 3.41. The predicted octanol–water partition coefficient (Wildman–Crippen LogP) is 6.00. The second kappa shape index (κ2) is 14.0. The van der Waals surface area contributed by atoms with Gasteiger partial charge in [0.15, 0.2) is 4.93 Å². The molecular weight excluding hydrogens is 392 g/mol. The first-order chi connectivity index (χ1) is 13.4. The van der Waals surface area contributed by atoms with Gasteiger partial charge in [-0.1, -0.05) is 58.8 Å². The molecule has 0 bridgehead atoms. The van der Waals surface area contributed by atoms with Crippen LogP contribution in [0.5, 0.6) is 0 Å². The van der Waals surface area contributed by atoms with Crippen LogP contribution < -0.4 is 0 Å². The van der Waals surface area contributed by atoms with Crippen LogP contribution in [0, 0.1) is 5.92 Å². The molecule has 0 heterocycles. The van der Waals surface area contributed by atoms with E-state index >= 15 is 0 Å². The second-order valence-electron chi connectivity index (χ2n) is 9.31. The third-order valence-corrected chi connectivity index (χ3v) is 6.70. The molecule has 0 N–H and O–H groups in total. The first-order valence-electron chi connectivity index (χ1n) is 11.2. The molecule has 0 aliphatic carbocycles. The number of rotatable bonds is 18. The number of unbranched alkanes of at least 4 members (excludes halogenated alkanes) is 6. The van der Waals surface area contributed by atoms with Crippen molar-refractivity contribution in [2.75, 3.05) is 13.7 Å². The standard InChI is InChI=1S/C22H46O6S/c1-9-10-11-12-13-14-15-16-19(2)18-26-21(4,5)17-20(3)27-22(6,7)29(23,24)28-25-8/h19-20H,9-18H2,1-8H3. The molecule has 0 aromatic heterocycles. The third kappa shape index (κ3) is 12.9. The maximum atomic E-state index is 12.1. The van der Waals surface area contributed by atoms with E-state index in [9.17, 15) is 8.42 Å². The molecular formula is C22H46O6S.